The average Bonchev–Trinajstić information content (AvgIpc) is 2.59. The molecule has 5 heteroatoms. The number of rotatable bonds is 7. The molecule has 0 radical (unpaired) electrons. The molecule has 2 aliphatic rings. The number of nitrogens with zero attached hydrogens (tertiary/aromatic N) is 2. The average molecular weight is 358 g/mol. The molecule has 0 bridgehead atoms. The van der Waals surface area contributed by atoms with Crippen molar-refractivity contribution in [1.82, 2.24) is 9.80 Å². The van der Waals surface area contributed by atoms with Crippen molar-refractivity contribution in [2.75, 3.05) is 19.7 Å². The zero-order valence-electron chi connectivity index (χ0n) is 15.8. The fraction of sp³-hybridized carbons (Fsp3) is 0.619. The van der Waals surface area contributed by atoms with Crippen LogP contribution in [-0.4, -0.2) is 58.5 Å². The van der Waals surface area contributed by atoms with Gasteiger partial charge < -0.3 is 14.9 Å². The molecule has 1 aromatic carbocycles. The highest BCUT2D eigenvalue weighted by molar-refractivity contribution is 5.77. The summed E-state index contributed by atoms with van der Waals surface area (Å²) in [5.41, 5.74) is 1.13. The molecule has 5 nitrogen and oxygen atoms in total. The van der Waals surface area contributed by atoms with Gasteiger partial charge in [-0.2, -0.15) is 0 Å². The van der Waals surface area contributed by atoms with E-state index < -0.39 is 0 Å². The summed E-state index contributed by atoms with van der Waals surface area (Å²) in [7, 11) is 0. The Kier molecular flexibility index (Phi) is 5.97. The maximum Gasteiger partial charge on any atom is 0.222 e. The third-order valence-electron chi connectivity index (χ3n) is 6.04. The van der Waals surface area contributed by atoms with Crippen LogP contribution in [0.5, 0.6) is 0 Å². The first-order valence-electron chi connectivity index (χ1n) is 9.79. The van der Waals surface area contributed by atoms with Crippen LogP contribution < -0.4 is 0 Å². The first-order chi connectivity index (χ1) is 12.6. The van der Waals surface area contributed by atoms with Gasteiger partial charge in [0.25, 0.3) is 0 Å². The van der Waals surface area contributed by atoms with Crippen molar-refractivity contribution >= 4 is 11.8 Å². The molecule has 1 aromatic rings. The number of hydrogen-bond donors (Lipinski definition) is 1. The highest BCUT2D eigenvalue weighted by Crippen LogP contribution is 2.41. The van der Waals surface area contributed by atoms with Crippen molar-refractivity contribution in [3.63, 3.8) is 0 Å². The highest BCUT2D eigenvalue weighted by Gasteiger charge is 2.50. The van der Waals surface area contributed by atoms with Crippen molar-refractivity contribution in [2.24, 2.45) is 5.92 Å². The van der Waals surface area contributed by atoms with E-state index in [0.29, 0.717) is 18.9 Å². The van der Waals surface area contributed by atoms with Crippen molar-refractivity contribution in [3.05, 3.63) is 35.9 Å². The Hall–Kier alpha value is -1.88. The second kappa shape index (κ2) is 8.21. The zero-order chi connectivity index (χ0) is 18.7. The quantitative estimate of drug-likeness (QED) is 0.814. The van der Waals surface area contributed by atoms with E-state index in [9.17, 15) is 14.7 Å². The van der Waals surface area contributed by atoms with E-state index in [2.05, 4.69) is 12.1 Å². The predicted molar refractivity (Wildman–Crippen MR) is 101 cm³/mol. The zero-order valence-corrected chi connectivity index (χ0v) is 15.8. The predicted octanol–water partition coefficient (Wildman–Crippen LogP) is 2.40. The molecule has 0 unspecified atom stereocenters. The summed E-state index contributed by atoms with van der Waals surface area (Å²) in [6.45, 7) is 4.73. The lowest BCUT2D eigenvalue weighted by Crippen LogP contribution is -2.68. The van der Waals surface area contributed by atoms with Crippen LogP contribution in [0, 0.1) is 5.92 Å². The molecule has 2 fully saturated rings. The molecule has 0 spiro atoms. The lowest BCUT2D eigenvalue weighted by atomic mass is 9.74. The molecule has 1 saturated carbocycles. The molecule has 1 heterocycles. The first kappa shape index (κ1) is 18.9. The molecule has 3 atom stereocenters. The minimum Gasteiger partial charge on any atom is -0.394 e. The minimum atomic E-state index is -0.206. The fourth-order valence-electron chi connectivity index (χ4n) is 4.45. The molecule has 1 aliphatic heterocycles. The van der Waals surface area contributed by atoms with Crippen LogP contribution >= 0.6 is 0 Å². The van der Waals surface area contributed by atoms with Gasteiger partial charge in [0.2, 0.25) is 11.8 Å². The highest BCUT2D eigenvalue weighted by atomic mass is 16.3. The summed E-state index contributed by atoms with van der Waals surface area (Å²) < 4.78 is 0. The Bertz CT molecular complexity index is 629. The molecule has 2 amide bonds. The SMILES string of the molecule is CCC(=O)N(CC1CCC1)C[C@@H]1[C@@H](c2ccccc2)[C@H](CO)N1C(C)=O. The molecule has 142 valence electrons. The van der Waals surface area contributed by atoms with E-state index in [-0.39, 0.29) is 36.4 Å². The number of likely N-dealkylation sites (tertiary alicyclic amines) is 1. The number of carbonyl (C=O) groups excluding carboxylic acids is 2. The molecule has 1 aliphatic carbocycles. The fourth-order valence-corrected chi connectivity index (χ4v) is 4.45. The maximum atomic E-state index is 12.5. The summed E-state index contributed by atoms with van der Waals surface area (Å²) >= 11 is 0. The van der Waals surface area contributed by atoms with Crippen LogP contribution in [0.2, 0.25) is 0 Å². The van der Waals surface area contributed by atoms with Crippen LogP contribution in [0.1, 0.15) is 51.0 Å². The number of carbonyl (C=O) groups is 2. The maximum absolute atomic E-state index is 12.5. The number of benzene rings is 1. The van der Waals surface area contributed by atoms with Crippen LogP contribution in [-0.2, 0) is 9.59 Å². The standard InChI is InChI=1S/C21H30N2O3/c1-3-20(26)22(12-16-8-7-9-16)13-18-21(17-10-5-4-6-11-17)19(14-24)23(18)15(2)25/h4-6,10-11,16,18-19,21,24H,3,7-9,12-14H2,1-2H3/t18-,19+,21-/m1/s1. The van der Waals surface area contributed by atoms with Gasteiger partial charge in [-0.3, -0.25) is 9.59 Å². The minimum absolute atomic E-state index is 0.0335. The van der Waals surface area contributed by atoms with Gasteiger partial charge in [0.05, 0.1) is 18.7 Å². The van der Waals surface area contributed by atoms with Gasteiger partial charge in [-0.05, 0) is 24.3 Å². The van der Waals surface area contributed by atoms with Gasteiger partial charge in [0.1, 0.15) is 0 Å². The van der Waals surface area contributed by atoms with Gasteiger partial charge in [-0.1, -0.05) is 43.7 Å². The Labute approximate surface area is 156 Å². The third-order valence-corrected chi connectivity index (χ3v) is 6.04. The first-order valence-corrected chi connectivity index (χ1v) is 9.79. The van der Waals surface area contributed by atoms with Crippen molar-refractivity contribution < 1.29 is 14.7 Å². The van der Waals surface area contributed by atoms with Crippen molar-refractivity contribution in [1.29, 1.82) is 0 Å². The summed E-state index contributed by atoms with van der Waals surface area (Å²) in [6, 6.07) is 9.77. The lowest BCUT2D eigenvalue weighted by Gasteiger charge is -2.56. The largest absolute Gasteiger partial charge is 0.394 e. The van der Waals surface area contributed by atoms with E-state index in [4.69, 9.17) is 0 Å². The van der Waals surface area contributed by atoms with Crippen LogP contribution in [0.25, 0.3) is 0 Å². The molecule has 3 rings (SSSR count). The summed E-state index contributed by atoms with van der Waals surface area (Å²) in [4.78, 5) is 28.4. The third kappa shape index (κ3) is 3.63. The Morgan fingerprint density at radius 1 is 1.15 bits per heavy atom. The van der Waals surface area contributed by atoms with Gasteiger partial charge in [0.15, 0.2) is 0 Å². The van der Waals surface area contributed by atoms with E-state index in [1.807, 2.05) is 30.0 Å². The van der Waals surface area contributed by atoms with Gasteiger partial charge in [0, 0.05) is 32.4 Å². The second-order valence-corrected chi connectivity index (χ2v) is 7.63. The molecule has 0 aromatic heterocycles. The van der Waals surface area contributed by atoms with Gasteiger partial charge in [-0.25, -0.2) is 0 Å². The Morgan fingerprint density at radius 3 is 2.35 bits per heavy atom. The van der Waals surface area contributed by atoms with Crippen LogP contribution in [0.15, 0.2) is 30.3 Å². The van der Waals surface area contributed by atoms with Crippen molar-refractivity contribution in [3.8, 4) is 0 Å². The van der Waals surface area contributed by atoms with E-state index >= 15 is 0 Å². The summed E-state index contributed by atoms with van der Waals surface area (Å²) in [5.74, 6) is 0.784. The summed E-state index contributed by atoms with van der Waals surface area (Å²) in [6.07, 6.45) is 4.12. The monoisotopic (exact) mass is 358 g/mol. The Morgan fingerprint density at radius 2 is 1.85 bits per heavy atom. The number of aliphatic hydroxyl groups is 1. The molecular weight excluding hydrogens is 328 g/mol. The number of hydrogen-bond acceptors (Lipinski definition) is 3. The normalized spacial score (nSPS) is 25.3. The Balaban J connectivity index is 1.82. The van der Waals surface area contributed by atoms with Crippen molar-refractivity contribution in [2.45, 2.75) is 57.5 Å². The van der Waals surface area contributed by atoms with E-state index in [1.54, 1.807) is 11.8 Å². The van der Waals surface area contributed by atoms with E-state index in [1.165, 1.54) is 19.3 Å². The molecule has 26 heavy (non-hydrogen) atoms. The lowest BCUT2D eigenvalue weighted by molar-refractivity contribution is -0.153. The van der Waals surface area contributed by atoms with Gasteiger partial charge >= 0.3 is 0 Å². The molecule has 1 saturated heterocycles. The molecular formula is C21H30N2O3. The van der Waals surface area contributed by atoms with Crippen LogP contribution in [0.4, 0.5) is 0 Å². The number of aliphatic hydroxyl groups excluding tert-OH is 1. The topological polar surface area (TPSA) is 60.9 Å². The van der Waals surface area contributed by atoms with E-state index in [0.717, 1.165) is 12.1 Å². The second-order valence-electron chi connectivity index (χ2n) is 7.63. The van der Waals surface area contributed by atoms with Crippen LogP contribution in [0.3, 0.4) is 0 Å². The number of amides is 2. The summed E-state index contributed by atoms with van der Waals surface area (Å²) in [5, 5.41) is 9.86. The molecule has 1 N–H and O–H groups in total. The smallest absolute Gasteiger partial charge is 0.222 e. The van der Waals surface area contributed by atoms with Gasteiger partial charge in [-0.15, -0.1) is 0 Å².